The second kappa shape index (κ2) is 8.73. The molecule has 152 valence electrons. The number of hydrogen-bond donors (Lipinski definition) is 0. The van der Waals surface area contributed by atoms with Crippen molar-refractivity contribution in [1.29, 1.82) is 0 Å². The molecule has 7 nitrogen and oxygen atoms in total. The molecule has 0 aliphatic carbocycles. The predicted octanol–water partition coefficient (Wildman–Crippen LogP) is 3.57. The monoisotopic (exact) mass is 402 g/mol. The molecule has 0 saturated carbocycles. The van der Waals surface area contributed by atoms with Crippen LogP contribution in [0.4, 0.5) is 0 Å². The molecule has 0 N–H and O–H groups in total. The van der Waals surface area contributed by atoms with Crippen molar-refractivity contribution in [3.05, 3.63) is 77.2 Å². The minimum atomic E-state index is -0.268. The molecule has 0 unspecified atom stereocenters. The van der Waals surface area contributed by atoms with E-state index in [9.17, 15) is 9.59 Å². The first-order chi connectivity index (χ1) is 14.7. The van der Waals surface area contributed by atoms with Crippen LogP contribution < -0.4 is 5.56 Å². The molecule has 0 radical (unpaired) electrons. The molecule has 7 heteroatoms. The van der Waals surface area contributed by atoms with Gasteiger partial charge in [-0.2, -0.15) is 10.2 Å². The first-order valence-electron chi connectivity index (χ1n) is 9.94. The van der Waals surface area contributed by atoms with E-state index in [1.807, 2.05) is 59.2 Å². The molecule has 0 saturated heterocycles. The highest BCUT2D eigenvalue weighted by atomic mass is 16.5. The first kappa shape index (κ1) is 19.6. The molecule has 0 amide bonds. The van der Waals surface area contributed by atoms with Crippen molar-refractivity contribution in [3.8, 4) is 22.5 Å². The Morgan fingerprint density at radius 2 is 1.80 bits per heavy atom. The van der Waals surface area contributed by atoms with E-state index in [1.165, 1.54) is 10.7 Å². The Hall–Kier alpha value is -3.74. The molecule has 3 aromatic heterocycles. The Morgan fingerprint density at radius 1 is 1.00 bits per heavy atom. The number of carbonyl (C=O) groups excluding carboxylic acids is 1. The summed E-state index contributed by atoms with van der Waals surface area (Å²) in [6.07, 6.45) is 2.62. The lowest BCUT2D eigenvalue weighted by Gasteiger charge is -2.08. The van der Waals surface area contributed by atoms with E-state index in [2.05, 4.69) is 5.10 Å². The van der Waals surface area contributed by atoms with Gasteiger partial charge in [-0.3, -0.25) is 9.59 Å². The average Bonchev–Trinajstić information content (AvgIpc) is 3.15. The van der Waals surface area contributed by atoms with Gasteiger partial charge in [-0.1, -0.05) is 36.4 Å². The van der Waals surface area contributed by atoms with Crippen molar-refractivity contribution < 1.29 is 9.53 Å². The van der Waals surface area contributed by atoms with Gasteiger partial charge < -0.3 is 4.74 Å². The number of fused-ring (bicyclic) bond motifs is 1. The molecule has 0 aliphatic rings. The van der Waals surface area contributed by atoms with Gasteiger partial charge in [-0.15, -0.1) is 0 Å². The third kappa shape index (κ3) is 4.00. The predicted molar refractivity (Wildman–Crippen MR) is 114 cm³/mol. The number of nitrogens with zero attached hydrogens (tertiary/aromatic N) is 4. The molecule has 0 aliphatic heterocycles. The number of pyridine rings is 1. The third-order valence-electron chi connectivity index (χ3n) is 4.77. The number of esters is 1. The van der Waals surface area contributed by atoms with Crippen molar-refractivity contribution in [3.63, 3.8) is 0 Å². The number of aryl methyl sites for hydroxylation is 1. The van der Waals surface area contributed by atoms with E-state index >= 15 is 0 Å². The molecule has 4 aromatic rings. The lowest BCUT2D eigenvalue weighted by Crippen LogP contribution is -2.23. The highest BCUT2D eigenvalue weighted by Crippen LogP contribution is 2.33. The minimum Gasteiger partial charge on any atom is -0.466 e. The van der Waals surface area contributed by atoms with Crippen LogP contribution >= 0.6 is 0 Å². The van der Waals surface area contributed by atoms with Gasteiger partial charge in [0.2, 0.25) is 0 Å². The van der Waals surface area contributed by atoms with Gasteiger partial charge in [0.05, 0.1) is 23.4 Å². The summed E-state index contributed by atoms with van der Waals surface area (Å²) >= 11 is 0. The van der Waals surface area contributed by atoms with Crippen LogP contribution in [-0.2, 0) is 16.1 Å². The number of benzene rings is 1. The second-order valence-corrected chi connectivity index (χ2v) is 6.81. The van der Waals surface area contributed by atoms with Gasteiger partial charge in [-0.05, 0) is 31.5 Å². The lowest BCUT2D eigenvalue weighted by molar-refractivity contribution is -0.143. The van der Waals surface area contributed by atoms with E-state index in [4.69, 9.17) is 9.84 Å². The van der Waals surface area contributed by atoms with E-state index in [0.29, 0.717) is 25.3 Å². The Kier molecular flexibility index (Phi) is 5.70. The van der Waals surface area contributed by atoms with Gasteiger partial charge >= 0.3 is 5.97 Å². The van der Waals surface area contributed by atoms with Crippen molar-refractivity contribution in [2.75, 3.05) is 6.61 Å². The largest absolute Gasteiger partial charge is 0.466 e. The summed E-state index contributed by atoms with van der Waals surface area (Å²) in [6.45, 7) is 2.46. The van der Waals surface area contributed by atoms with Gasteiger partial charge in [-0.25, -0.2) is 9.20 Å². The molecule has 0 fully saturated rings. The SMILES string of the molecule is CCOC(=O)CCCn1nc(-c2c(-c3ccccc3)nn3ccccc23)ccc1=O. The minimum absolute atomic E-state index is 0.208. The summed E-state index contributed by atoms with van der Waals surface area (Å²) < 4.78 is 8.16. The van der Waals surface area contributed by atoms with Crippen LogP contribution in [0.2, 0.25) is 0 Å². The maximum Gasteiger partial charge on any atom is 0.305 e. The van der Waals surface area contributed by atoms with E-state index in [1.54, 1.807) is 13.0 Å². The molecule has 4 rings (SSSR count). The summed E-state index contributed by atoms with van der Waals surface area (Å²) in [5, 5.41) is 9.34. The highest BCUT2D eigenvalue weighted by Gasteiger charge is 2.18. The normalized spacial score (nSPS) is 11.0. The molecule has 1 aromatic carbocycles. The van der Waals surface area contributed by atoms with Crippen LogP contribution in [0.1, 0.15) is 19.8 Å². The van der Waals surface area contributed by atoms with Crippen LogP contribution in [-0.4, -0.2) is 32.0 Å². The number of ether oxygens (including phenoxy) is 1. The van der Waals surface area contributed by atoms with Crippen molar-refractivity contribution >= 4 is 11.5 Å². The Bertz CT molecular complexity index is 1230. The van der Waals surface area contributed by atoms with E-state index < -0.39 is 0 Å². The average molecular weight is 402 g/mol. The van der Waals surface area contributed by atoms with Crippen LogP contribution in [0.3, 0.4) is 0 Å². The molecular formula is C23H22N4O3. The Labute approximate surface area is 173 Å². The number of carbonyl (C=O) groups is 1. The maximum absolute atomic E-state index is 12.3. The van der Waals surface area contributed by atoms with Gasteiger partial charge in [0.25, 0.3) is 5.56 Å². The molecule has 0 bridgehead atoms. The van der Waals surface area contributed by atoms with Gasteiger partial charge in [0, 0.05) is 30.8 Å². The summed E-state index contributed by atoms with van der Waals surface area (Å²) in [4.78, 5) is 23.9. The number of aromatic nitrogens is 4. The molecule has 3 heterocycles. The van der Waals surface area contributed by atoms with Crippen LogP contribution in [0.15, 0.2) is 71.7 Å². The summed E-state index contributed by atoms with van der Waals surface area (Å²) in [5.74, 6) is -0.268. The fourth-order valence-corrected chi connectivity index (χ4v) is 3.40. The molecule has 30 heavy (non-hydrogen) atoms. The second-order valence-electron chi connectivity index (χ2n) is 6.81. The Morgan fingerprint density at radius 3 is 2.60 bits per heavy atom. The van der Waals surface area contributed by atoms with Crippen LogP contribution in [0.25, 0.3) is 28.0 Å². The smallest absolute Gasteiger partial charge is 0.305 e. The lowest BCUT2D eigenvalue weighted by atomic mass is 10.0. The maximum atomic E-state index is 12.3. The zero-order chi connectivity index (χ0) is 20.9. The zero-order valence-corrected chi connectivity index (χ0v) is 16.7. The molecule has 0 spiro atoms. The fourth-order valence-electron chi connectivity index (χ4n) is 3.40. The van der Waals surface area contributed by atoms with E-state index in [-0.39, 0.29) is 17.9 Å². The topological polar surface area (TPSA) is 78.5 Å². The van der Waals surface area contributed by atoms with Crippen molar-refractivity contribution in [1.82, 2.24) is 19.4 Å². The third-order valence-corrected chi connectivity index (χ3v) is 4.77. The van der Waals surface area contributed by atoms with Crippen molar-refractivity contribution in [2.45, 2.75) is 26.3 Å². The first-order valence-corrected chi connectivity index (χ1v) is 9.94. The van der Waals surface area contributed by atoms with E-state index in [0.717, 1.165) is 22.3 Å². The fraction of sp³-hybridized carbons (Fsp3) is 0.217. The Balaban J connectivity index is 1.74. The van der Waals surface area contributed by atoms with Crippen LogP contribution in [0, 0.1) is 0 Å². The van der Waals surface area contributed by atoms with Crippen molar-refractivity contribution in [2.24, 2.45) is 0 Å². The van der Waals surface area contributed by atoms with Gasteiger partial charge in [0.1, 0.15) is 5.69 Å². The molecular weight excluding hydrogens is 380 g/mol. The number of rotatable bonds is 7. The molecule has 0 atom stereocenters. The quantitative estimate of drug-likeness (QED) is 0.442. The summed E-state index contributed by atoms with van der Waals surface area (Å²) in [7, 11) is 0. The summed E-state index contributed by atoms with van der Waals surface area (Å²) in [5.41, 5.74) is 3.98. The number of hydrogen-bond acceptors (Lipinski definition) is 5. The zero-order valence-electron chi connectivity index (χ0n) is 16.7. The highest BCUT2D eigenvalue weighted by molar-refractivity contribution is 5.90. The summed E-state index contributed by atoms with van der Waals surface area (Å²) in [6, 6.07) is 19.0. The standard InChI is InChI=1S/C23H22N4O3/c1-2-30-21(29)12-8-16-27-20(28)14-13-18(24-27)22-19-11-6-7-15-26(19)25-23(22)17-9-4-3-5-10-17/h3-7,9-11,13-15H,2,8,12,16H2,1H3. The van der Waals surface area contributed by atoms with Gasteiger partial charge in [0.15, 0.2) is 0 Å². The van der Waals surface area contributed by atoms with Crippen LogP contribution in [0.5, 0.6) is 0 Å².